The molecule has 0 unspecified atom stereocenters. The Labute approximate surface area is 76.1 Å². The lowest BCUT2D eigenvalue weighted by molar-refractivity contribution is -0.116. The smallest absolute Gasteiger partial charge is 0.143 e. The van der Waals surface area contributed by atoms with E-state index in [0.717, 1.165) is 17.9 Å². The third-order valence-corrected chi connectivity index (χ3v) is 2.61. The lowest BCUT2D eigenvalue weighted by Crippen LogP contribution is -1.99. The molecule has 0 saturated carbocycles. The van der Waals surface area contributed by atoms with E-state index in [1.54, 1.807) is 0 Å². The summed E-state index contributed by atoms with van der Waals surface area (Å²) in [5.74, 6) is 1.16. The Morgan fingerprint density at radius 1 is 1.58 bits per heavy atom. The van der Waals surface area contributed by atoms with Crippen molar-refractivity contribution in [1.29, 1.82) is 0 Å². The predicted octanol–water partition coefficient (Wildman–Crippen LogP) is 1.30. The van der Waals surface area contributed by atoms with Crippen LogP contribution in [0, 0.1) is 0 Å². The summed E-state index contributed by atoms with van der Waals surface area (Å²) in [5.41, 5.74) is 5.33. The Kier molecular flexibility index (Phi) is 3.34. The number of hydrogen-bond donors (Lipinski definition) is 1. The van der Waals surface area contributed by atoms with Crippen LogP contribution in [0.15, 0.2) is 17.4 Å². The summed E-state index contributed by atoms with van der Waals surface area (Å²) in [6.45, 7) is 3.49. The molecule has 3 nitrogen and oxygen atoms in total. The van der Waals surface area contributed by atoms with Crippen LogP contribution in [-0.4, -0.2) is 16.6 Å². The van der Waals surface area contributed by atoms with Crippen molar-refractivity contribution in [2.45, 2.75) is 19.3 Å². The van der Waals surface area contributed by atoms with Gasteiger partial charge in [0.05, 0.1) is 10.8 Å². The molecular formula is C8H12N2OS. The fourth-order valence-electron chi connectivity index (χ4n) is 0.993. The zero-order chi connectivity index (χ0) is 8.97. The Morgan fingerprint density at radius 3 is 3.00 bits per heavy atom. The van der Waals surface area contributed by atoms with Crippen LogP contribution in [0.1, 0.15) is 19.3 Å². The zero-order valence-corrected chi connectivity index (χ0v) is 7.69. The van der Waals surface area contributed by atoms with E-state index < -0.39 is 0 Å². The summed E-state index contributed by atoms with van der Waals surface area (Å²) in [4.78, 5) is 15.0. The fourth-order valence-corrected chi connectivity index (χ4v) is 1.94. The van der Waals surface area contributed by atoms with Crippen molar-refractivity contribution >= 4 is 22.6 Å². The molecule has 1 aliphatic rings. The van der Waals surface area contributed by atoms with Crippen molar-refractivity contribution in [2.75, 3.05) is 5.75 Å². The summed E-state index contributed by atoms with van der Waals surface area (Å²) >= 11 is 1.48. The van der Waals surface area contributed by atoms with Crippen LogP contribution in [-0.2, 0) is 4.79 Å². The number of rotatable bonds is 1. The van der Waals surface area contributed by atoms with E-state index in [-0.39, 0.29) is 0 Å². The second-order valence-electron chi connectivity index (χ2n) is 2.68. The molecule has 2 N–H and O–H groups in total. The quantitative estimate of drug-likeness (QED) is 0.668. The number of carbonyl (C=O) groups is 1. The lowest BCUT2D eigenvalue weighted by Gasteiger charge is -1.98. The molecule has 1 rings (SSSR count). The molecule has 1 fully saturated rings. The monoisotopic (exact) mass is 184 g/mol. The molecule has 0 aromatic rings. The van der Waals surface area contributed by atoms with Gasteiger partial charge in [0.25, 0.3) is 0 Å². The second-order valence-corrected chi connectivity index (χ2v) is 3.73. The Hall–Kier alpha value is -0.770. The van der Waals surface area contributed by atoms with Crippen molar-refractivity contribution in [2.24, 2.45) is 10.7 Å². The highest BCUT2D eigenvalue weighted by Gasteiger charge is 2.11. The van der Waals surface area contributed by atoms with E-state index in [9.17, 15) is 4.79 Å². The topological polar surface area (TPSA) is 55.4 Å². The molecule has 1 heterocycles. The molecule has 0 spiro atoms. The van der Waals surface area contributed by atoms with E-state index in [4.69, 9.17) is 5.73 Å². The van der Waals surface area contributed by atoms with Gasteiger partial charge in [-0.3, -0.25) is 4.79 Å². The SMILES string of the molecule is C=C(N)N=C1CCCC(=O)CS1. The third-order valence-electron chi connectivity index (χ3n) is 1.51. The van der Waals surface area contributed by atoms with Crippen LogP contribution in [0.3, 0.4) is 0 Å². The molecular weight excluding hydrogens is 172 g/mol. The summed E-state index contributed by atoms with van der Waals surface area (Å²) in [6.07, 6.45) is 2.41. The van der Waals surface area contributed by atoms with Crippen LogP contribution in [0.2, 0.25) is 0 Å². The Morgan fingerprint density at radius 2 is 2.33 bits per heavy atom. The molecule has 0 amide bonds. The standard InChI is InChI=1S/C8H12N2OS/c1-6(9)10-8-4-2-3-7(11)5-12-8/h1-5,9H2. The normalized spacial score (nSPS) is 22.3. The predicted molar refractivity (Wildman–Crippen MR) is 52.1 cm³/mol. The largest absolute Gasteiger partial charge is 0.384 e. The minimum Gasteiger partial charge on any atom is -0.384 e. The molecule has 0 bridgehead atoms. The molecule has 0 aromatic carbocycles. The number of ketones is 1. The summed E-state index contributed by atoms with van der Waals surface area (Å²) in [7, 11) is 0. The number of nitrogens with zero attached hydrogens (tertiary/aromatic N) is 1. The van der Waals surface area contributed by atoms with Gasteiger partial charge in [-0.25, -0.2) is 4.99 Å². The number of thioether (sulfide) groups is 1. The summed E-state index contributed by atoms with van der Waals surface area (Å²) in [6, 6.07) is 0. The van der Waals surface area contributed by atoms with E-state index in [2.05, 4.69) is 11.6 Å². The van der Waals surface area contributed by atoms with Crippen LogP contribution >= 0.6 is 11.8 Å². The first kappa shape index (κ1) is 9.32. The van der Waals surface area contributed by atoms with E-state index in [1.807, 2.05) is 0 Å². The number of hydrogen-bond acceptors (Lipinski definition) is 4. The summed E-state index contributed by atoms with van der Waals surface area (Å²) in [5, 5.41) is 0.938. The highest BCUT2D eigenvalue weighted by Crippen LogP contribution is 2.17. The van der Waals surface area contributed by atoms with E-state index in [1.165, 1.54) is 11.8 Å². The highest BCUT2D eigenvalue weighted by atomic mass is 32.2. The van der Waals surface area contributed by atoms with Gasteiger partial charge < -0.3 is 5.73 Å². The highest BCUT2D eigenvalue weighted by molar-refractivity contribution is 8.14. The van der Waals surface area contributed by atoms with Gasteiger partial charge in [0.1, 0.15) is 11.6 Å². The van der Waals surface area contributed by atoms with Gasteiger partial charge in [-0.15, -0.1) is 11.8 Å². The lowest BCUT2D eigenvalue weighted by atomic mass is 10.2. The van der Waals surface area contributed by atoms with Gasteiger partial charge >= 0.3 is 0 Å². The zero-order valence-electron chi connectivity index (χ0n) is 6.88. The van der Waals surface area contributed by atoms with Gasteiger partial charge in [0, 0.05) is 6.42 Å². The van der Waals surface area contributed by atoms with Crippen LogP contribution in [0.5, 0.6) is 0 Å². The van der Waals surface area contributed by atoms with Crippen LogP contribution < -0.4 is 5.73 Å². The van der Waals surface area contributed by atoms with E-state index >= 15 is 0 Å². The summed E-state index contributed by atoms with van der Waals surface area (Å²) < 4.78 is 0. The number of aliphatic imine (C=N–C) groups is 1. The first-order chi connectivity index (χ1) is 5.68. The molecule has 4 heteroatoms. The van der Waals surface area contributed by atoms with Crippen molar-refractivity contribution in [3.63, 3.8) is 0 Å². The van der Waals surface area contributed by atoms with Crippen LogP contribution in [0.4, 0.5) is 0 Å². The molecule has 12 heavy (non-hydrogen) atoms. The number of carbonyl (C=O) groups excluding carboxylic acids is 1. The van der Waals surface area contributed by atoms with Gasteiger partial charge in [-0.2, -0.15) is 0 Å². The minimum atomic E-state index is 0.299. The van der Waals surface area contributed by atoms with Gasteiger partial charge in [0.15, 0.2) is 0 Å². The number of Topliss-reactive ketones (excluding diaryl/α,β-unsaturated/α-hetero) is 1. The fraction of sp³-hybridized carbons (Fsp3) is 0.500. The van der Waals surface area contributed by atoms with Crippen molar-refractivity contribution in [3.8, 4) is 0 Å². The molecule has 0 aliphatic carbocycles. The van der Waals surface area contributed by atoms with Crippen molar-refractivity contribution in [1.82, 2.24) is 0 Å². The van der Waals surface area contributed by atoms with Crippen LogP contribution in [0.25, 0.3) is 0 Å². The molecule has 0 radical (unpaired) electrons. The minimum absolute atomic E-state index is 0.299. The third kappa shape index (κ3) is 3.09. The molecule has 1 aliphatic heterocycles. The van der Waals surface area contributed by atoms with Gasteiger partial charge in [-0.05, 0) is 12.8 Å². The molecule has 1 saturated heterocycles. The van der Waals surface area contributed by atoms with Gasteiger partial charge in [-0.1, -0.05) is 6.58 Å². The number of nitrogens with two attached hydrogens (primary N) is 1. The second kappa shape index (κ2) is 4.30. The Balaban J connectivity index is 2.57. The maximum atomic E-state index is 11.0. The maximum absolute atomic E-state index is 11.0. The maximum Gasteiger partial charge on any atom is 0.143 e. The average molecular weight is 184 g/mol. The van der Waals surface area contributed by atoms with E-state index in [0.29, 0.717) is 23.8 Å². The Bertz CT molecular complexity index is 235. The molecule has 0 aromatic heterocycles. The average Bonchev–Trinajstić information content (AvgIpc) is 2.15. The molecule has 0 atom stereocenters. The first-order valence-corrected chi connectivity index (χ1v) is 4.83. The molecule has 66 valence electrons. The first-order valence-electron chi connectivity index (χ1n) is 3.85. The van der Waals surface area contributed by atoms with Crippen molar-refractivity contribution in [3.05, 3.63) is 12.4 Å². The van der Waals surface area contributed by atoms with Crippen molar-refractivity contribution < 1.29 is 4.79 Å². The van der Waals surface area contributed by atoms with Gasteiger partial charge in [0.2, 0.25) is 0 Å².